The second-order valence-electron chi connectivity index (χ2n) is 3.98. The largest absolute Gasteiger partial charge is 0.398 e. The van der Waals surface area contributed by atoms with Crippen LogP contribution in [0.4, 0.5) is 5.69 Å². The van der Waals surface area contributed by atoms with Crippen LogP contribution in [-0.4, -0.2) is 37.0 Å². The van der Waals surface area contributed by atoms with Crippen molar-refractivity contribution in [3.05, 3.63) is 28.8 Å². The molecule has 4 nitrogen and oxygen atoms in total. The third kappa shape index (κ3) is 3.11. The van der Waals surface area contributed by atoms with Crippen molar-refractivity contribution < 1.29 is 4.74 Å². The number of morpholine rings is 1. The lowest BCUT2D eigenvalue weighted by Crippen LogP contribution is -2.33. The van der Waals surface area contributed by atoms with Crippen molar-refractivity contribution >= 4 is 23.0 Å². The molecule has 1 aromatic carbocycles. The van der Waals surface area contributed by atoms with Crippen LogP contribution >= 0.6 is 11.6 Å². The summed E-state index contributed by atoms with van der Waals surface area (Å²) < 4.78 is 5.27. The standard InChI is InChI=1S/C12H16ClN3O/c1-9(15-16-4-6-17-7-5-16)11-8-10(13)2-3-12(11)14/h2-3,8H,4-7,14H2,1H3/b15-9+. The van der Waals surface area contributed by atoms with Gasteiger partial charge in [-0.1, -0.05) is 11.6 Å². The lowest BCUT2D eigenvalue weighted by atomic mass is 10.1. The van der Waals surface area contributed by atoms with Gasteiger partial charge in [0.15, 0.2) is 0 Å². The molecule has 0 unspecified atom stereocenters. The van der Waals surface area contributed by atoms with Crippen molar-refractivity contribution in [1.29, 1.82) is 0 Å². The number of hydrogen-bond acceptors (Lipinski definition) is 4. The Morgan fingerprint density at radius 1 is 1.41 bits per heavy atom. The third-order valence-corrected chi connectivity index (χ3v) is 2.92. The maximum Gasteiger partial charge on any atom is 0.0667 e. The fourth-order valence-electron chi connectivity index (χ4n) is 1.76. The molecule has 92 valence electrons. The molecule has 2 rings (SSSR count). The maximum absolute atomic E-state index is 5.96. The van der Waals surface area contributed by atoms with Gasteiger partial charge in [-0.15, -0.1) is 0 Å². The highest BCUT2D eigenvalue weighted by atomic mass is 35.5. The first-order valence-electron chi connectivity index (χ1n) is 5.60. The van der Waals surface area contributed by atoms with Crippen LogP contribution in [0.1, 0.15) is 12.5 Å². The summed E-state index contributed by atoms with van der Waals surface area (Å²) in [6.45, 7) is 5.02. The summed E-state index contributed by atoms with van der Waals surface area (Å²) in [6.07, 6.45) is 0. The molecule has 2 N–H and O–H groups in total. The normalized spacial score (nSPS) is 17.3. The Kier molecular flexibility index (Phi) is 3.86. The molecular formula is C12H16ClN3O. The summed E-state index contributed by atoms with van der Waals surface area (Å²) in [5.41, 5.74) is 8.38. The van der Waals surface area contributed by atoms with E-state index in [9.17, 15) is 0 Å². The van der Waals surface area contributed by atoms with Gasteiger partial charge < -0.3 is 10.5 Å². The summed E-state index contributed by atoms with van der Waals surface area (Å²) in [5.74, 6) is 0. The second-order valence-corrected chi connectivity index (χ2v) is 4.42. The van der Waals surface area contributed by atoms with Gasteiger partial charge in [-0.25, -0.2) is 0 Å². The summed E-state index contributed by atoms with van der Waals surface area (Å²) >= 11 is 5.96. The molecule has 0 aromatic heterocycles. The number of rotatable bonds is 2. The second kappa shape index (κ2) is 5.38. The van der Waals surface area contributed by atoms with Gasteiger partial charge in [0, 0.05) is 16.3 Å². The monoisotopic (exact) mass is 253 g/mol. The first-order valence-corrected chi connectivity index (χ1v) is 5.98. The average Bonchev–Trinajstić information content (AvgIpc) is 2.33. The van der Waals surface area contributed by atoms with E-state index in [1.807, 2.05) is 18.0 Å². The van der Waals surface area contributed by atoms with Gasteiger partial charge in [0.05, 0.1) is 32.0 Å². The van der Waals surface area contributed by atoms with Crippen LogP contribution in [0.3, 0.4) is 0 Å². The molecule has 1 aliphatic rings. The Labute approximate surface area is 106 Å². The first-order chi connectivity index (χ1) is 8.16. The zero-order valence-corrected chi connectivity index (χ0v) is 10.6. The highest BCUT2D eigenvalue weighted by molar-refractivity contribution is 6.31. The molecule has 1 aliphatic heterocycles. The molecule has 0 aliphatic carbocycles. The molecule has 17 heavy (non-hydrogen) atoms. The summed E-state index contributed by atoms with van der Waals surface area (Å²) in [7, 11) is 0. The topological polar surface area (TPSA) is 50.8 Å². The van der Waals surface area contributed by atoms with E-state index < -0.39 is 0 Å². The number of nitrogen functional groups attached to an aromatic ring is 1. The highest BCUT2D eigenvalue weighted by Crippen LogP contribution is 2.19. The van der Waals surface area contributed by atoms with E-state index in [4.69, 9.17) is 22.1 Å². The van der Waals surface area contributed by atoms with Gasteiger partial charge in [0.2, 0.25) is 0 Å². The van der Waals surface area contributed by atoms with Crippen LogP contribution < -0.4 is 5.73 Å². The van der Waals surface area contributed by atoms with Crippen molar-refractivity contribution in [2.75, 3.05) is 32.0 Å². The van der Waals surface area contributed by atoms with E-state index in [0.717, 1.165) is 37.6 Å². The Morgan fingerprint density at radius 2 is 2.12 bits per heavy atom. The van der Waals surface area contributed by atoms with E-state index in [1.165, 1.54) is 0 Å². The van der Waals surface area contributed by atoms with Crippen LogP contribution in [0.2, 0.25) is 5.02 Å². The molecule has 0 bridgehead atoms. The lowest BCUT2D eigenvalue weighted by Gasteiger charge is -2.24. The molecule has 5 heteroatoms. The Hall–Kier alpha value is -1.26. The number of hydrazone groups is 1. The lowest BCUT2D eigenvalue weighted by molar-refractivity contribution is 0.0393. The minimum Gasteiger partial charge on any atom is -0.398 e. The summed E-state index contributed by atoms with van der Waals surface area (Å²) in [6, 6.07) is 5.43. The molecule has 1 aromatic rings. The quantitative estimate of drug-likeness (QED) is 0.648. The fraction of sp³-hybridized carbons (Fsp3) is 0.417. The van der Waals surface area contributed by atoms with Crippen LogP contribution in [0.25, 0.3) is 0 Å². The summed E-state index contributed by atoms with van der Waals surface area (Å²) in [5, 5.41) is 7.21. The molecule has 0 atom stereocenters. The Morgan fingerprint density at radius 3 is 2.82 bits per heavy atom. The van der Waals surface area contributed by atoms with Crippen LogP contribution in [0.15, 0.2) is 23.3 Å². The van der Waals surface area contributed by atoms with E-state index in [-0.39, 0.29) is 0 Å². The van der Waals surface area contributed by atoms with Crippen molar-refractivity contribution in [1.82, 2.24) is 5.01 Å². The number of nitrogens with zero attached hydrogens (tertiary/aromatic N) is 2. The van der Waals surface area contributed by atoms with Crippen LogP contribution in [0, 0.1) is 0 Å². The van der Waals surface area contributed by atoms with Crippen molar-refractivity contribution in [2.24, 2.45) is 5.10 Å². The van der Waals surface area contributed by atoms with Crippen LogP contribution in [0.5, 0.6) is 0 Å². The molecule has 1 saturated heterocycles. The van der Waals surface area contributed by atoms with E-state index in [0.29, 0.717) is 10.7 Å². The van der Waals surface area contributed by atoms with E-state index in [2.05, 4.69) is 5.10 Å². The molecule has 0 amide bonds. The number of hydrogen-bond donors (Lipinski definition) is 1. The zero-order chi connectivity index (χ0) is 12.3. The number of anilines is 1. The van der Waals surface area contributed by atoms with Gasteiger partial charge in [0.25, 0.3) is 0 Å². The molecular weight excluding hydrogens is 238 g/mol. The third-order valence-electron chi connectivity index (χ3n) is 2.68. The minimum absolute atomic E-state index is 0.672. The van der Waals surface area contributed by atoms with Gasteiger partial charge in [-0.2, -0.15) is 5.10 Å². The molecule has 1 fully saturated rings. The molecule has 1 heterocycles. The maximum atomic E-state index is 5.96. The first kappa shape index (κ1) is 12.2. The van der Waals surface area contributed by atoms with E-state index in [1.54, 1.807) is 12.1 Å². The van der Waals surface area contributed by atoms with E-state index >= 15 is 0 Å². The number of halogens is 1. The van der Waals surface area contributed by atoms with Crippen molar-refractivity contribution in [2.45, 2.75) is 6.92 Å². The fourth-order valence-corrected chi connectivity index (χ4v) is 1.93. The van der Waals surface area contributed by atoms with Gasteiger partial charge >= 0.3 is 0 Å². The highest BCUT2D eigenvalue weighted by Gasteiger charge is 2.10. The summed E-state index contributed by atoms with van der Waals surface area (Å²) in [4.78, 5) is 0. The number of nitrogens with two attached hydrogens (primary N) is 1. The molecule has 0 radical (unpaired) electrons. The average molecular weight is 254 g/mol. The van der Waals surface area contributed by atoms with Gasteiger partial charge in [-0.05, 0) is 25.1 Å². The van der Waals surface area contributed by atoms with Crippen molar-refractivity contribution in [3.63, 3.8) is 0 Å². The molecule has 0 spiro atoms. The number of benzene rings is 1. The predicted octanol–water partition coefficient (Wildman–Crippen LogP) is 1.98. The van der Waals surface area contributed by atoms with Crippen molar-refractivity contribution in [3.8, 4) is 0 Å². The number of ether oxygens (including phenoxy) is 1. The van der Waals surface area contributed by atoms with Crippen LogP contribution in [-0.2, 0) is 4.74 Å². The molecule has 0 saturated carbocycles. The Bertz CT molecular complexity index is 428. The Balaban J connectivity index is 2.19. The SMILES string of the molecule is C/C(=N\N1CCOCC1)c1cc(Cl)ccc1N. The van der Waals surface area contributed by atoms with Gasteiger partial charge in [0.1, 0.15) is 0 Å². The predicted molar refractivity (Wildman–Crippen MR) is 70.5 cm³/mol. The van der Waals surface area contributed by atoms with Gasteiger partial charge in [-0.3, -0.25) is 5.01 Å². The minimum atomic E-state index is 0.672. The zero-order valence-electron chi connectivity index (χ0n) is 9.82. The smallest absolute Gasteiger partial charge is 0.0667 e.